The Bertz CT molecular complexity index is 402. The molecular weight excluding hydrogens is 204 g/mol. The molecule has 0 aliphatic heterocycles. The zero-order valence-electron chi connectivity index (χ0n) is 9.23. The maximum absolute atomic E-state index is 11.6. The summed E-state index contributed by atoms with van der Waals surface area (Å²) in [6.45, 7) is 5.28. The molecule has 1 amide bonds. The molecule has 0 fully saturated rings. The van der Waals surface area contributed by atoms with Gasteiger partial charge in [0.15, 0.2) is 0 Å². The largest absolute Gasteiger partial charge is 0.508 e. The molecule has 0 radical (unpaired) electrons. The van der Waals surface area contributed by atoms with Crippen LogP contribution >= 0.6 is 0 Å². The number of rotatable bonds is 4. The van der Waals surface area contributed by atoms with E-state index in [-0.39, 0.29) is 11.7 Å². The van der Waals surface area contributed by atoms with Crippen LogP contribution in [0, 0.1) is 6.92 Å². The Morgan fingerprint density at radius 1 is 1.69 bits per heavy atom. The van der Waals surface area contributed by atoms with E-state index in [9.17, 15) is 9.90 Å². The quantitative estimate of drug-likeness (QED) is 0.532. The van der Waals surface area contributed by atoms with Gasteiger partial charge in [-0.1, -0.05) is 6.08 Å². The van der Waals surface area contributed by atoms with Crippen molar-refractivity contribution in [1.82, 2.24) is 0 Å². The fourth-order valence-corrected chi connectivity index (χ4v) is 1.25. The Balaban J connectivity index is 2.69. The van der Waals surface area contributed by atoms with E-state index in [2.05, 4.69) is 11.9 Å². The van der Waals surface area contributed by atoms with Gasteiger partial charge in [0.05, 0.1) is 6.04 Å². The van der Waals surface area contributed by atoms with Gasteiger partial charge in [0.2, 0.25) is 5.91 Å². The summed E-state index contributed by atoms with van der Waals surface area (Å²) in [6, 6.07) is 4.25. The van der Waals surface area contributed by atoms with E-state index >= 15 is 0 Å². The second kappa shape index (κ2) is 5.32. The van der Waals surface area contributed by atoms with Crippen LogP contribution in [0.2, 0.25) is 0 Å². The molecule has 4 N–H and O–H groups in total. The lowest BCUT2D eigenvalue weighted by molar-refractivity contribution is -0.117. The van der Waals surface area contributed by atoms with Crippen LogP contribution < -0.4 is 11.1 Å². The molecule has 0 aliphatic carbocycles. The minimum absolute atomic E-state index is 0.202. The third kappa shape index (κ3) is 3.10. The van der Waals surface area contributed by atoms with Crippen molar-refractivity contribution in [3.8, 4) is 5.75 Å². The Labute approximate surface area is 94.8 Å². The molecule has 1 rings (SSSR count). The summed E-state index contributed by atoms with van der Waals surface area (Å²) in [4.78, 5) is 11.6. The topological polar surface area (TPSA) is 75.4 Å². The molecule has 0 saturated carbocycles. The molecule has 4 nitrogen and oxygen atoms in total. The van der Waals surface area contributed by atoms with Crippen molar-refractivity contribution in [1.29, 1.82) is 0 Å². The number of amides is 1. The summed E-state index contributed by atoms with van der Waals surface area (Å²) < 4.78 is 0. The van der Waals surface area contributed by atoms with Crippen molar-refractivity contribution < 1.29 is 9.90 Å². The number of anilines is 1. The lowest BCUT2D eigenvalue weighted by Crippen LogP contribution is -2.35. The van der Waals surface area contributed by atoms with Crippen LogP contribution in [0.25, 0.3) is 0 Å². The van der Waals surface area contributed by atoms with Gasteiger partial charge in [-0.05, 0) is 37.1 Å². The van der Waals surface area contributed by atoms with E-state index in [1.807, 2.05) is 0 Å². The van der Waals surface area contributed by atoms with Crippen molar-refractivity contribution in [3.05, 3.63) is 36.4 Å². The predicted octanol–water partition coefficient (Wildman–Crippen LogP) is 1.54. The molecule has 1 unspecified atom stereocenters. The fourth-order valence-electron chi connectivity index (χ4n) is 1.25. The number of carbonyl (C=O) groups is 1. The average molecular weight is 220 g/mol. The van der Waals surface area contributed by atoms with E-state index in [4.69, 9.17) is 5.73 Å². The molecular formula is C12H16N2O2. The number of carbonyl (C=O) groups excluding carboxylic acids is 1. The molecule has 16 heavy (non-hydrogen) atoms. The van der Waals surface area contributed by atoms with Gasteiger partial charge < -0.3 is 16.2 Å². The molecule has 0 heterocycles. The average Bonchev–Trinajstić information content (AvgIpc) is 2.24. The van der Waals surface area contributed by atoms with Crippen molar-refractivity contribution >= 4 is 11.6 Å². The molecule has 0 aliphatic rings. The lowest BCUT2D eigenvalue weighted by Gasteiger charge is -2.11. The molecule has 0 spiro atoms. The smallest absolute Gasteiger partial charge is 0.241 e. The van der Waals surface area contributed by atoms with E-state index in [0.717, 1.165) is 0 Å². The number of aromatic hydroxyl groups is 1. The molecule has 1 atom stereocenters. The molecule has 86 valence electrons. The van der Waals surface area contributed by atoms with E-state index in [0.29, 0.717) is 17.7 Å². The highest BCUT2D eigenvalue weighted by Gasteiger charge is 2.11. The van der Waals surface area contributed by atoms with E-state index in [1.54, 1.807) is 25.1 Å². The highest BCUT2D eigenvalue weighted by Crippen LogP contribution is 2.20. The second-order valence-electron chi connectivity index (χ2n) is 3.62. The third-order valence-corrected chi connectivity index (χ3v) is 2.22. The number of phenols is 1. The summed E-state index contributed by atoms with van der Waals surface area (Å²) in [6.07, 6.45) is 2.04. The highest BCUT2D eigenvalue weighted by molar-refractivity contribution is 5.94. The van der Waals surface area contributed by atoms with Gasteiger partial charge in [-0.25, -0.2) is 0 Å². The summed E-state index contributed by atoms with van der Waals surface area (Å²) in [5.41, 5.74) is 6.94. The van der Waals surface area contributed by atoms with Crippen LogP contribution in [0.5, 0.6) is 5.75 Å². The Hall–Kier alpha value is -1.81. The molecule has 0 saturated heterocycles. The number of hydrogen-bond acceptors (Lipinski definition) is 3. The number of phenolic OH excluding ortho intramolecular Hbond substituents is 1. The van der Waals surface area contributed by atoms with Gasteiger partial charge in [0, 0.05) is 5.69 Å². The zero-order chi connectivity index (χ0) is 12.1. The van der Waals surface area contributed by atoms with Crippen LogP contribution in [0.3, 0.4) is 0 Å². The number of hydrogen-bond donors (Lipinski definition) is 3. The summed E-state index contributed by atoms with van der Waals surface area (Å²) in [7, 11) is 0. The predicted molar refractivity (Wildman–Crippen MR) is 64.3 cm³/mol. The van der Waals surface area contributed by atoms with Crippen molar-refractivity contribution in [2.75, 3.05) is 5.32 Å². The van der Waals surface area contributed by atoms with Gasteiger partial charge in [0.25, 0.3) is 0 Å². The van der Waals surface area contributed by atoms with Crippen LogP contribution in [-0.4, -0.2) is 17.1 Å². The monoisotopic (exact) mass is 220 g/mol. The summed E-state index contributed by atoms with van der Waals surface area (Å²) in [5.74, 6) is -0.0571. The van der Waals surface area contributed by atoms with Crippen LogP contribution in [0.15, 0.2) is 30.9 Å². The summed E-state index contributed by atoms with van der Waals surface area (Å²) >= 11 is 0. The third-order valence-electron chi connectivity index (χ3n) is 2.22. The van der Waals surface area contributed by atoms with Crippen molar-refractivity contribution in [2.45, 2.75) is 19.4 Å². The first kappa shape index (κ1) is 12.3. The maximum Gasteiger partial charge on any atom is 0.241 e. The van der Waals surface area contributed by atoms with Gasteiger partial charge in [-0.15, -0.1) is 6.58 Å². The van der Waals surface area contributed by atoms with E-state index < -0.39 is 6.04 Å². The molecule has 4 heteroatoms. The molecule has 0 aromatic heterocycles. The van der Waals surface area contributed by atoms with Gasteiger partial charge in [-0.3, -0.25) is 4.79 Å². The minimum Gasteiger partial charge on any atom is -0.508 e. The van der Waals surface area contributed by atoms with Gasteiger partial charge >= 0.3 is 0 Å². The summed E-state index contributed by atoms with van der Waals surface area (Å²) in [5, 5.41) is 12.0. The normalized spacial score (nSPS) is 11.9. The molecule has 1 aromatic rings. The maximum atomic E-state index is 11.6. The Morgan fingerprint density at radius 3 is 2.94 bits per heavy atom. The first-order chi connectivity index (χ1) is 7.54. The fraction of sp³-hybridized carbons (Fsp3) is 0.250. The second-order valence-corrected chi connectivity index (χ2v) is 3.62. The Morgan fingerprint density at radius 2 is 2.38 bits per heavy atom. The van der Waals surface area contributed by atoms with Crippen molar-refractivity contribution in [2.24, 2.45) is 5.73 Å². The minimum atomic E-state index is -0.591. The van der Waals surface area contributed by atoms with E-state index in [1.165, 1.54) is 6.07 Å². The highest BCUT2D eigenvalue weighted by atomic mass is 16.3. The number of nitrogens with two attached hydrogens (primary N) is 1. The van der Waals surface area contributed by atoms with Crippen LogP contribution in [0.1, 0.15) is 12.0 Å². The van der Waals surface area contributed by atoms with Crippen LogP contribution in [0.4, 0.5) is 5.69 Å². The first-order valence-electron chi connectivity index (χ1n) is 5.01. The first-order valence-corrected chi connectivity index (χ1v) is 5.01. The number of aryl methyl sites for hydroxylation is 1. The SMILES string of the molecule is C=CCC(N)C(=O)Nc1ccc(O)c(C)c1. The van der Waals surface area contributed by atoms with Gasteiger partial charge in [0.1, 0.15) is 5.75 Å². The Kier molecular flexibility index (Phi) is 4.08. The number of benzene rings is 1. The number of nitrogens with one attached hydrogen (secondary N) is 1. The van der Waals surface area contributed by atoms with Crippen LogP contribution in [-0.2, 0) is 4.79 Å². The standard InChI is InChI=1S/C12H16N2O2/c1-3-4-10(13)12(16)14-9-5-6-11(15)8(2)7-9/h3,5-7,10,15H,1,4,13H2,2H3,(H,14,16). The van der Waals surface area contributed by atoms with Gasteiger partial charge in [-0.2, -0.15) is 0 Å². The zero-order valence-corrected chi connectivity index (χ0v) is 9.23. The molecule has 0 bridgehead atoms. The lowest BCUT2D eigenvalue weighted by atomic mass is 10.1. The van der Waals surface area contributed by atoms with Crippen molar-refractivity contribution in [3.63, 3.8) is 0 Å². The molecule has 1 aromatic carbocycles.